The number of anilines is 1. The number of carbonyl (C=O) groups excluding carboxylic acids is 1. The summed E-state index contributed by atoms with van der Waals surface area (Å²) < 4.78 is 20.7. The fourth-order valence-electron chi connectivity index (χ4n) is 4.62. The molecule has 2 aromatic rings. The molecule has 1 aromatic carbocycles. The number of carboxylic acids is 2. The number of carbonyl (C=O) groups is 3. The van der Waals surface area contributed by atoms with Crippen LogP contribution in [0.2, 0.25) is 5.02 Å². The summed E-state index contributed by atoms with van der Waals surface area (Å²) >= 11 is 6.19. The van der Waals surface area contributed by atoms with Crippen LogP contribution in [0.4, 0.5) is 10.1 Å². The molecule has 1 amide bonds. The van der Waals surface area contributed by atoms with Crippen molar-refractivity contribution in [2.24, 2.45) is 5.92 Å². The van der Waals surface area contributed by atoms with Crippen LogP contribution in [-0.2, 0) is 14.3 Å². The predicted molar refractivity (Wildman–Crippen MR) is 144 cm³/mol. The topological polar surface area (TPSA) is 196 Å². The molecule has 2 fully saturated rings. The summed E-state index contributed by atoms with van der Waals surface area (Å²) in [4.78, 5) is 39.0. The van der Waals surface area contributed by atoms with Crippen LogP contribution in [0, 0.1) is 5.92 Å². The van der Waals surface area contributed by atoms with Crippen molar-refractivity contribution in [3.05, 3.63) is 35.0 Å². The van der Waals surface area contributed by atoms with Gasteiger partial charge in [-0.25, -0.2) is 14.0 Å². The van der Waals surface area contributed by atoms with Gasteiger partial charge in [0.1, 0.15) is 5.67 Å². The first kappa shape index (κ1) is 31.4. The third kappa shape index (κ3) is 8.21. The molecular weight excluding hydrogens is 551 g/mol. The number of aliphatic hydroxyl groups is 2. The normalized spacial score (nSPS) is 19.2. The van der Waals surface area contributed by atoms with E-state index in [1.54, 1.807) is 18.3 Å². The third-order valence-corrected chi connectivity index (χ3v) is 7.42. The standard InChI is InChI=1S/C22H28ClFN4O2.C4H6O6/c23-18-12-17(20-16(19(18)25)2-1-7-26-20)21(29)27-14-22(24)5-8-28(9-6-22)13-15-3-10-30-11-4-15;5-1(3(7)8)2(6)4(9)10/h1-2,7,12,15H,3-6,8-11,13-14,25H2,(H,27,29);1-2,5-6H,(H,7,8)(H,9,10)/t;1-,2-/m.1/s1. The molecular formula is C26H34ClFN4O8. The Morgan fingerprint density at radius 3 is 2.35 bits per heavy atom. The maximum atomic E-state index is 15.3. The highest BCUT2D eigenvalue weighted by Gasteiger charge is 2.36. The monoisotopic (exact) mass is 584 g/mol. The predicted octanol–water partition coefficient (Wildman–Crippen LogP) is 1.31. The second-order valence-corrected chi connectivity index (χ2v) is 10.4. The van der Waals surface area contributed by atoms with Crippen molar-refractivity contribution in [1.82, 2.24) is 15.2 Å². The van der Waals surface area contributed by atoms with Gasteiger partial charge in [-0.05, 0) is 49.8 Å². The largest absolute Gasteiger partial charge is 0.479 e. The number of ether oxygens (including phenoxy) is 1. The molecule has 40 heavy (non-hydrogen) atoms. The van der Waals surface area contributed by atoms with E-state index < -0.39 is 29.8 Å². The number of nitrogens with two attached hydrogens (primary N) is 1. The quantitative estimate of drug-likeness (QED) is 0.245. The molecule has 7 N–H and O–H groups in total. The number of aromatic nitrogens is 1. The van der Waals surface area contributed by atoms with Gasteiger partial charge in [-0.15, -0.1) is 0 Å². The van der Waals surface area contributed by atoms with E-state index in [-0.39, 0.29) is 17.5 Å². The minimum atomic E-state index is -2.27. The van der Waals surface area contributed by atoms with Gasteiger partial charge < -0.3 is 41.1 Å². The van der Waals surface area contributed by atoms with Gasteiger partial charge >= 0.3 is 11.9 Å². The summed E-state index contributed by atoms with van der Waals surface area (Å²) in [5, 5.41) is 36.2. The molecule has 0 aliphatic carbocycles. The van der Waals surface area contributed by atoms with Crippen LogP contribution in [0.3, 0.4) is 0 Å². The number of nitrogens with zero attached hydrogens (tertiary/aromatic N) is 2. The van der Waals surface area contributed by atoms with Crippen LogP contribution >= 0.6 is 11.6 Å². The highest BCUT2D eigenvalue weighted by molar-refractivity contribution is 6.35. The molecule has 12 nitrogen and oxygen atoms in total. The SMILES string of the molecule is Nc1c(Cl)cc(C(=O)NCC2(F)CCN(CC3CCOCC3)CC2)c2ncccc12.O=C(O)[C@H](O)[C@@H](O)C(=O)O. The van der Waals surface area contributed by atoms with Gasteiger partial charge in [0.25, 0.3) is 5.91 Å². The number of nitrogen functional groups attached to an aromatic ring is 1. The average Bonchev–Trinajstić information content (AvgIpc) is 2.95. The summed E-state index contributed by atoms with van der Waals surface area (Å²) in [6.07, 6.45) is 0.0571. The lowest BCUT2D eigenvalue weighted by atomic mass is 9.91. The number of nitrogens with one attached hydrogen (secondary N) is 1. The van der Waals surface area contributed by atoms with E-state index >= 15 is 4.39 Å². The first-order valence-electron chi connectivity index (χ1n) is 12.8. The summed E-state index contributed by atoms with van der Waals surface area (Å²) in [6, 6.07) is 5.01. The molecule has 0 unspecified atom stereocenters. The van der Waals surface area contributed by atoms with Crippen molar-refractivity contribution in [3.63, 3.8) is 0 Å². The number of hydrogen-bond acceptors (Lipinski definition) is 9. The van der Waals surface area contributed by atoms with E-state index in [4.69, 9.17) is 42.5 Å². The number of alkyl halides is 1. The summed E-state index contributed by atoms with van der Waals surface area (Å²) in [7, 11) is 0. The summed E-state index contributed by atoms with van der Waals surface area (Å²) in [5.74, 6) is -3.28. The lowest BCUT2D eigenvalue weighted by Gasteiger charge is -2.38. The van der Waals surface area contributed by atoms with Gasteiger partial charge in [0.05, 0.1) is 28.3 Å². The minimum absolute atomic E-state index is 0.0206. The van der Waals surface area contributed by atoms with Gasteiger partial charge in [0, 0.05) is 44.4 Å². The summed E-state index contributed by atoms with van der Waals surface area (Å²) in [5.41, 5.74) is 5.77. The number of benzene rings is 1. The number of fused-ring (bicyclic) bond motifs is 1. The smallest absolute Gasteiger partial charge is 0.335 e. The maximum absolute atomic E-state index is 15.3. The van der Waals surface area contributed by atoms with Crippen LogP contribution in [0.15, 0.2) is 24.4 Å². The summed E-state index contributed by atoms with van der Waals surface area (Å²) in [6.45, 7) is 4.07. The Balaban J connectivity index is 0.000000378. The number of pyridine rings is 1. The van der Waals surface area contributed by atoms with Gasteiger partial charge in [-0.2, -0.15) is 0 Å². The molecule has 2 aliphatic rings. The van der Waals surface area contributed by atoms with Crippen molar-refractivity contribution in [2.45, 2.75) is 43.6 Å². The molecule has 3 heterocycles. The fraction of sp³-hybridized carbons (Fsp3) is 0.538. The first-order valence-corrected chi connectivity index (χ1v) is 13.2. The van der Waals surface area contributed by atoms with E-state index in [2.05, 4.69) is 15.2 Å². The number of amides is 1. The number of aliphatic carboxylic acids is 2. The lowest BCUT2D eigenvalue weighted by molar-refractivity contribution is -0.165. The zero-order chi connectivity index (χ0) is 29.4. The molecule has 2 aliphatic heterocycles. The van der Waals surface area contributed by atoms with Crippen LogP contribution in [0.1, 0.15) is 36.0 Å². The lowest BCUT2D eigenvalue weighted by Crippen LogP contribution is -2.49. The highest BCUT2D eigenvalue weighted by atomic mass is 35.5. The second-order valence-electron chi connectivity index (χ2n) is 9.98. The number of aliphatic hydroxyl groups excluding tert-OH is 2. The Bertz CT molecular complexity index is 1190. The Labute approximate surface area is 234 Å². The Morgan fingerprint density at radius 1 is 1.18 bits per heavy atom. The first-order chi connectivity index (χ1) is 18.9. The molecule has 2 atom stereocenters. The molecule has 0 spiro atoms. The van der Waals surface area contributed by atoms with E-state index in [1.165, 1.54) is 6.07 Å². The van der Waals surface area contributed by atoms with Crippen LogP contribution < -0.4 is 11.1 Å². The maximum Gasteiger partial charge on any atom is 0.335 e. The molecule has 1 aromatic heterocycles. The van der Waals surface area contributed by atoms with Crippen LogP contribution in [0.5, 0.6) is 0 Å². The zero-order valence-electron chi connectivity index (χ0n) is 21.8. The third-order valence-electron chi connectivity index (χ3n) is 7.11. The second kappa shape index (κ2) is 14.0. The molecule has 220 valence electrons. The van der Waals surface area contributed by atoms with E-state index in [9.17, 15) is 14.4 Å². The zero-order valence-corrected chi connectivity index (χ0v) is 22.5. The molecule has 0 saturated carbocycles. The van der Waals surface area contributed by atoms with E-state index in [0.717, 1.165) is 32.6 Å². The van der Waals surface area contributed by atoms with Crippen molar-refractivity contribution < 1.29 is 43.9 Å². The number of hydrogen-bond donors (Lipinski definition) is 6. The Kier molecular flexibility index (Phi) is 11.0. The van der Waals surface area contributed by atoms with Gasteiger partial charge in [0.2, 0.25) is 0 Å². The van der Waals surface area contributed by atoms with Gasteiger partial charge in [-0.3, -0.25) is 9.78 Å². The van der Waals surface area contributed by atoms with Crippen molar-refractivity contribution in [2.75, 3.05) is 45.1 Å². The number of carboxylic acid groups (broad SMARTS) is 2. The molecule has 2 saturated heterocycles. The average molecular weight is 585 g/mol. The fourth-order valence-corrected chi connectivity index (χ4v) is 4.83. The van der Waals surface area contributed by atoms with Gasteiger partial charge in [-0.1, -0.05) is 11.6 Å². The number of piperidine rings is 1. The molecule has 0 radical (unpaired) electrons. The van der Waals surface area contributed by atoms with Crippen molar-refractivity contribution in [3.8, 4) is 0 Å². The minimum Gasteiger partial charge on any atom is -0.479 e. The number of likely N-dealkylation sites (tertiary alicyclic amines) is 1. The molecule has 4 rings (SSSR count). The number of halogens is 2. The number of rotatable bonds is 8. The van der Waals surface area contributed by atoms with E-state index in [1.807, 2.05) is 0 Å². The Morgan fingerprint density at radius 2 is 1.77 bits per heavy atom. The Hall–Kier alpha value is -3.10. The van der Waals surface area contributed by atoms with Crippen LogP contribution in [0.25, 0.3) is 10.9 Å². The van der Waals surface area contributed by atoms with Crippen molar-refractivity contribution >= 4 is 46.0 Å². The van der Waals surface area contributed by atoms with Crippen molar-refractivity contribution in [1.29, 1.82) is 0 Å². The molecule has 14 heteroatoms. The molecule has 0 bridgehead atoms. The van der Waals surface area contributed by atoms with Gasteiger partial charge in [0.15, 0.2) is 12.2 Å². The highest BCUT2D eigenvalue weighted by Crippen LogP contribution is 2.31. The van der Waals surface area contributed by atoms with E-state index in [0.29, 0.717) is 54.0 Å². The van der Waals surface area contributed by atoms with Crippen LogP contribution in [-0.4, -0.2) is 105 Å².